The Balaban J connectivity index is 1.72. The maximum absolute atomic E-state index is 13.0. The number of carbonyl (C=O) groups excluding carboxylic acids is 1. The van der Waals surface area contributed by atoms with E-state index in [2.05, 4.69) is 38.2 Å². The molecule has 1 aliphatic carbocycles. The molecule has 4 heteroatoms. The van der Waals surface area contributed by atoms with E-state index in [1.165, 1.54) is 5.56 Å². The first-order valence-corrected chi connectivity index (χ1v) is 9.51. The molecule has 0 radical (unpaired) electrons. The molecule has 1 saturated carbocycles. The van der Waals surface area contributed by atoms with Gasteiger partial charge in [0.05, 0.1) is 18.6 Å². The van der Waals surface area contributed by atoms with E-state index in [0.717, 1.165) is 12.8 Å². The number of benzene rings is 1. The summed E-state index contributed by atoms with van der Waals surface area (Å²) in [7, 11) is 0. The number of amides is 1. The van der Waals surface area contributed by atoms with E-state index >= 15 is 0 Å². The highest BCUT2D eigenvalue weighted by atomic mass is 16.5. The van der Waals surface area contributed by atoms with Crippen molar-refractivity contribution in [3.8, 4) is 0 Å². The standard InChI is InChI=1S/C21H31NO3/c1-15(2)18-10-9-16(3)11-21(18,24)19(23)22-12-20(13-25-14-20)17-7-5-4-6-8-17/h4-8,15-16,18,24H,9-14H2,1-3H3,(H,22,23)/t16-,18+,21+/m1/s1. The molecule has 1 aromatic carbocycles. The lowest BCUT2D eigenvalue weighted by Gasteiger charge is -2.45. The second-order valence-electron chi connectivity index (χ2n) is 8.48. The third kappa shape index (κ3) is 3.47. The van der Waals surface area contributed by atoms with Gasteiger partial charge in [-0.25, -0.2) is 0 Å². The predicted molar refractivity (Wildman–Crippen MR) is 98.2 cm³/mol. The van der Waals surface area contributed by atoms with Crippen LogP contribution in [0.5, 0.6) is 0 Å². The molecule has 1 saturated heterocycles. The van der Waals surface area contributed by atoms with Crippen LogP contribution in [0.2, 0.25) is 0 Å². The molecule has 1 heterocycles. The smallest absolute Gasteiger partial charge is 0.252 e. The maximum Gasteiger partial charge on any atom is 0.252 e. The number of carbonyl (C=O) groups is 1. The molecule has 0 unspecified atom stereocenters. The molecule has 3 atom stereocenters. The Morgan fingerprint density at radius 2 is 1.96 bits per heavy atom. The Hall–Kier alpha value is -1.39. The molecule has 138 valence electrons. The zero-order valence-electron chi connectivity index (χ0n) is 15.6. The molecule has 0 spiro atoms. The van der Waals surface area contributed by atoms with Crippen LogP contribution in [0.3, 0.4) is 0 Å². The number of ether oxygens (including phenoxy) is 1. The summed E-state index contributed by atoms with van der Waals surface area (Å²) >= 11 is 0. The largest absolute Gasteiger partial charge is 0.380 e. The highest BCUT2D eigenvalue weighted by molar-refractivity contribution is 5.85. The third-order valence-corrected chi connectivity index (χ3v) is 6.17. The quantitative estimate of drug-likeness (QED) is 0.863. The van der Waals surface area contributed by atoms with Crippen molar-refractivity contribution in [3.63, 3.8) is 0 Å². The fraction of sp³-hybridized carbons (Fsp3) is 0.667. The highest BCUT2D eigenvalue weighted by Gasteiger charge is 2.49. The minimum absolute atomic E-state index is 0.0222. The summed E-state index contributed by atoms with van der Waals surface area (Å²) < 4.78 is 5.46. The summed E-state index contributed by atoms with van der Waals surface area (Å²) in [5.74, 6) is 0.480. The van der Waals surface area contributed by atoms with E-state index in [9.17, 15) is 9.90 Å². The Kier molecular flexibility index (Phi) is 5.21. The highest BCUT2D eigenvalue weighted by Crippen LogP contribution is 2.41. The van der Waals surface area contributed by atoms with Gasteiger partial charge in [0.25, 0.3) is 5.91 Å². The van der Waals surface area contributed by atoms with Crippen LogP contribution in [-0.4, -0.2) is 36.4 Å². The molecular weight excluding hydrogens is 314 g/mol. The molecule has 2 aliphatic rings. The van der Waals surface area contributed by atoms with Crippen LogP contribution in [0.4, 0.5) is 0 Å². The van der Waals surface area contributed by atoms with Gasteiger partial charge in [-0.15, -0.1) is 0 Å². The lowest BCUT2D eigenvalue weighted by Crippen LogP contribution is -2.60. The van der Waals surface area contributed by atoms with Gasteiger partial charge in [0.1, 0.15) is 5.60 Å². The molecule has 0 aromatic heterocycles. The van der Waals surface area contributed by atoms with Gasteiger partial charge >= 0.3 is 0 Å². The van der Waals surface area contributed by atoms with Crippen LogP contribution >= 0.6 is 0 Å². The van der Waals surface area contributed by atoms with Gasteiger partial charge < -0.3 is 15.2 Å². The number of rotatable bonds is 5. The second-order valence-corrected chi connectivity index (χ2v) is 8.48. The summed E-state index contributed by atoms with van der Waals surface area (Å²) in [6.45, 7) is 8.06. The molecule has 0 bridgehead atoms. The molecule has 2 fully saturated rings. The monoisotopic (exact) mass is 345 g/mol. The van der Waals surface area contributed by atoms with Crippen molar-refractivity contribution in [1.29, 1.82) is 0 Å². The minimum Gasteiger partial charge on any atom is -0.380 e. The SMILES string of the molecule is CC(C)[C@@H]1CC[C@@H](C)C[C@@]1(O)C(=O)NCC1(c2ccccc2)COC1. The Labute approximate surface area is 151 Å². The summed E-state index contributed by atoms with van der Waals surface area (Å²) in [6, 6.07) is 10.2. The molecule has 25 heavy (non-hydrogen) atoms. The van der Waals surface area contributed by atoms with E-state index in [0.29, 0.717) is 38.0 Å². The van der Waals surface area contributed by atoms with E-state index in [1.54, 1.807) is 0 Å². The zero-order valence-corrected chi connectivity index (χ0v) is 15.6. The van der Waals surface area contributed by atoms with E-state index in [1.807, 2.05) is 18.2 Å². The van der Waals surface area contributed by atoms with Crippen molar-refractivity contribution in [2.75, 3.05) is 19.8 Å². The number of nitrogens with one attached hydrogen (secondary N) is 1. The fourth-order valence-electron chi connectivity index (χ4n) is 4.55. The molecular formula is C21H31NO3. The van der Waals surface area contributed by atoms with Gasteiger partial charge in [-0.1, -0.05) is 57.5 Å². The lowest BCUT2D eigenvalue weighted by atomic mass is 9.66. The molecule has 1 amide bonds. The van der Waals surface area contributed by atoms with Crippen molar-refractivity contribution in [1.82, 2.24) is 5.32 Å². The second kappa shape index (κ2) is 7.08. The Morgan fingerprint density at radius 3 is 2.52 bits per heavy atom. The average Bonchev–Trinajstić information content (AvgIpc) is 2.54. The van der Waals surface area contributed by atoms with Crippen molar-refractivity contribution < 1.29 is 14.6 Å². The summed E-state index contributed by atoms with van der Waals surface area (Å²) in [6.07, 6.45) is 2.55. The molecule has 1 aromatic rings. The van der Waals surface area contributed by atoms with Crippen molar-refractivity contribution in [2.45, 2.75) is 51.0 Å². The van der Waals surface area contributed by atoms with Crippen LogP contribution in [0, 0.1) is 17.8 Å². The van der Waals surface area contributed by atoms with Crippen molar-refractivity contribution in [3.05, 3.63) is 35.9 Å². The van der Waals surface area contributed by atoms with E-state index in [-0.39, 0.29) is 17.2 Å². The predicted octanol–water partition coefficient (Wildman–Crippen LogP) is 2.89. The topological polar surface area (TPSA) is 58.6 Å². The van der Waals surface area contributed by atoms with Crippen molar-refractivity contribution >= 4 is 5.91 Å². The van der Waals surface area contributed by atoms with Gasteiger partial charge in [0.15, 0.2) is 0 Å². The fourth-order valence-corrected chi connectivity index (χ4v) is 4.55. The van der Waals surface area contributed by atoms with E-state index in [4.69, 9.17) is 4.74 Å². The van der Waals surface area contributed by atoms with Gasteiger partial charge in [-0.3, -0.25) is 4.79 Å². The van der Waals surface area contributed by atoms with Crippen LogP contribution in [0.25, 0.3) is 0 Å². The molecule has 2 N–H and O–H groups in total. The van der Waals surface area contributed by atoms with Gasteiger partial charge in [0, 0.05) is 6.54 Å². The first kappa shape index (κ1) is 18.4. The Morgan fingerprint density at radius 1 is 1.28 bits per heavy atom. The molecule has 4 nitrogen and oxygen atoms in total. The Bertz CT molecular complexity index is 596. The van der Waals surface area contributed by atoms with Gasteiger partial charge in [-0.2, -0.15) is 0 Å². The van der Waals surface area contributed by atoms with Gasteiger partial charge in [-0.05, 0) is 36.2 Å². The summed E-state index contributed by atoms with van der Waals surface area (Å²) in [5, 5.41) is 14.3. The number of hydrogen-bond acceptors (Lipinski definition) is 3. The normalized spacial score (nSPS) is 31.4. The van der Waals surface area contributed by atoms with Crippen LogP contribution in [0.1, 0.15) is 45.6 Å². The van der Waals surface area contributed by atoms with Gasteiger partial charge in [0.2, 0.25) is 0 Å². The minimum atomic E-state index is -1.26. The van der Waals surface area contributed by atoms with Crippen LogP contribution < -0.4 is 5.32 Å². The first-order chi connectivity index (χ1) is 11.9. The van der Waals surface area contributed by atoms with Crippen LogP contribution in [-0.2, 0) is 14.9 Å². The zero-order chi connectivity index (χ0) is 18.1. The summed E-state index contributed by atoms with van der Waals surface area (Å²) in [5.41, 5.74) is -0.235. The number of aliphatic hydroxyl groups is 1. The summed E-state index contributed by atoms with van der Waals surface area (Å²) in [4.78, 5) is 13.0. The van der Waals surface area contributed by atoms with E-state index < -0.39 is 5.60 Å². The third-order valence-electron chi connectivity index (χ3n) is 6.17. The maximum atomic E-state index is 13.0. The molecule has 1 aliphatic heterocycles. The lowest BCUT2D eigenvalue weighted by molar-refractivity contribution is -0.157. The first-order valence-electron chi connectivity index (χ1n) is 9.51. The average molecular weight is 345 g/mol. The van der Waals surface area contributed by atoms with Crippen LogP contribution in [0.15, 0.2) is 30.3 Å². The molecule has 3 rings (SSSR count). The van der Waals surface area contributed by atoms with Crippen molar-refractivity contribution in [2.24, 2.45) is 17.8 Å². The number of hydrogen-bond donors (Lipinski definition) is 2.